The van der Waals surface area contributed by atoms with Gasteiger partial charge in [-0.1, -0.05) is 30.3 Å². The molecule has 2 N–H and O–H groups in total. The first kappa shape index (κ1) is 19.6. The number of rotatable bonds is 5. The van der Waals surface area contributed by atoms with Gasteiger partial charge in [-0.2, -0.15) is 13.2 Å². The molecular weight excluding hydrogens is 395 g/mol. The second-order valence-electron chi connectivity index (χ2n) is 6.72. The number of anilines is 1. The number of carbonyl (C=O) groups is 2. The van der Waals surface area contributed by atoms with Crippen LogP contribution in [0.3, 0.4) is 0 Å². The van der Waals surface area contributed by atoms with Gasteiger partial charge >= 0.3 is 6.18 Å². The number of nitrogens with zero attached hydrogens (tertiary/aromatic N) is 1. The van der Waals surface area contributed by atoms with Crippen LogP contribution in [0.1, 0.15) is 31.8 Å². The van der Waals surface area contributed by atoms with Crippen molar-refractivity contribution in [2.24, 2.45) is 0 Å². The van der Waals surface area contributed by atoms with Gasteiger partial charge in [0, 0.05) is 36.0 Å². The third kappa shape index (κ3) is 3.63. The Morgan fingerprint density at radius 3 is 2.40 bits per heavy atom. The van der Waals surface area contributed by atoms with Gasteiger partial charge in [0.15, 0.2) is 5.78 Å². The number of fused-ring (bicyclic) bond motifs is 3. The van der Waals surface area contributed by atoms with Crippen molar-refractivity contribution in [3.63, 3.8) is 0 Å². The highest BCUT2D eigenvalue weighted by Gasteiger charge is 2.34. The Hall–Kier alpha value is -3.68. The lowest BCUT2D eigenvalue weighted by molar-refractivity contribution is -0.137. The van der Waals surface area contributed by atoms with E-state index in [1.165, 1.54) is 12.3 Å². The number of amides is 1. The molecule has 8 heteroatoms. The summed E-state index contributed by atoms with van der Waals surface area (Å²) in [5, 5.41) is 5.22. The highest BCUT2D eigenvalue weighted by molar-refractivity contribution is 6.22. The molecule has 0 spiro atoms. The first-order chi connectivity index (χ1) is 14.4. The van der Waals surface area contributed by atoms with Crippen LogP contribution in [-0.4, -0.2) is 29.8 Å². The molecule has 1 amide bonds. The lowest BCUT2D eigenvalue weighted by Gasteiger charge is -2.13. The van der Waals surface area contributed by atoms with E-state index in [1.54, 1.807) is 30.3 Å². The predicted octanol–water partition coefficient (Wildman–Crippen LogP) is 4.15. The number of aromatic nitrogens is 1. The molecule has 3 aromatic rings. The van der Waals surface area contributed by atoms with Crippen molar-refractivity contribution in [2.45, 2.75) is 6.18 Å². The average molecular weight is 411 g/mol. The van der Waals surface area contributed by atoms with E-state index in [0.29, 0.717) is 16.7 Å². The maximum atomic E-state index is 13.0. The van der Waals surface area contributed by atoms with Crippen LogP contribution in [0.2, 0.25) is 0 Å². The Morgan fingerprint density at radius 1 is 0.900 bits per heavy atom. The molecular formula is C22H16F3N3O2. The number of hydrogen-bond donors (Lipinski definition) is 2. The monoisotopic (exact) mass is 411 g/mol. The normalized spacial score (nSPS) is 12.3. The van der Waals surface area contributed by atoms with Gasteiger partial charge in [-0.25, -0.2) is 4.98 Å². The second-order valence-corrected chi connectivity index (χ2v) is 6.72. The van der Waals surface area contributed by atoms with Gasteiger partial charge in [-0.15, -0.1) is 0 Å². The highest BCUT2D eigenvalue weighted by Crippen LogP contribution is 2.36. The van der Waals surface area contributed by atoms with Crippen LogP contribution in [0.4, 0.5) is 19.0 Å². The smallest absolute Gasteiger partial charge is 0.368 e. The van der Waals surface area contributed by atoms with Gasteiger partial charge in [0.2, 0.25) is 0 Å². The third-order valence-corrected chi connectivity index (χ3v) is 4.80. The quantitative estimate of drug-likeness (QED) is 0.484. The predicted molar refractivity (Wildman–Crippen MR) is 105 cm³/mol. The molecule has 1 aliphatic carbocycles. The molecule has 2 aromatic carbocycles. The van der Waals surface area contributed by atoms with Crippen molar-refractivity contribution < 1.29 is 22.8 Å². The summed E-state index contributed by atoms with van der Waals surface area (Å²) in [6, 6.07) is 14.3. The molecule has 0 unspecified atom stereocenters. The van der Waals surface area contributed by atoms with Gasteiger partial charge in [0.1, 0.15) is 5.82 Å². The molecule has 0 atom stereocenters. The molecule has 1 aromatic heterocycles. The zero-order valence-electron chi connectivity index (χ0n) is 15.6. The summed E-state index contributed by atoms with van der Waals surface area (Å²) in [7, 11) is 0. The van der Waals surface area contributed by atoms with Crippen molar-refractivity contribution in [3.8, 4) is 11.1 Å². The summed E-state index contributed by atoms with van der Waals surface area (Å²) < 4.78 is 38.9. The molecule has 5 nitrogen and oxygen atoms in total. The Kier molecular flexibility index (Phi) is 4.99. The summed E-state index contributed by atoms with van der Waals surface area (Å²) in [6.45, 7) is 0.138. The molecule has 152 valence electrons. The lowest BCUT2D eigenvalue weighted by atomic mass is 10.0. The molecule has 0 saturated carbocycles. The Balaban J connectivity index is 1.39. The van der Waals surface area contributed by atoms with Gasteiger partial charge in [-0.05, 0) is 35.4 Å². The number of carbonyl (C=O) groups excluding carboxylic acids is 2. The fraction of sp³-hybridized carbons (Fsp3) is 0.136. The summed E-state index contributed by atoms with van der Waals surface area (Å²) in [5.74, 6) is -0.840. The Labute approximate surface area is 170 Å². The number of nitrogens with one attached hydrogen (secondary N) is 2. The second kappa shape index (κ2) is 7.62. The van der Waals surface area contributed by atoms with Gasteiger partial charge < -0.3 is 10.6 Å². The van der Waals surface area contributed by atoms with Crippen molar-refractivity contribution in [3.05, 3.63) is 83.0 Å². The molecule has 0 fully saturated rings. The van der Waals surface area contributed by atoms with Crippen LogP contribution in [0, 0.1) is 0 Å². The number of hydrogen-bond acceptors (Lipinski definition) is 4. The molecule has 0 bridgehead atoms. The molecule has 4 rings (SSSR count). The van der Waals surface area contributed by atoms with Crippen molar-refractivity contribution in [1.29, 1.82) is 0 Å². The van der Waals surface area contributed by atoms with E-state index in [4.69, 9.17) is 0 Å². The van der Waals surface area contributed by atoms with E-state index in [9.17, 15) is 22.8 Å². The first-order valence-electron chi connectivity index (χ1n) is 9.18. The lowest BCUT2D eigenvalue weighted by Crippen LogP contribution is -2.29. The number of pyridine rings is 1. The maximum Gasteiger partial charge on any atom is 0.419 e. The SMILES string of the molecule is O=C(NCCNc1ncccc1C(F)(F)F)c1ccc2c(c1)C(=O)c1ccccc1-2. The minimum atomic E-state index is -4.52. The molecule has 0 saturated heterocycles. The fourth-order valence-electron chi connectivity index (χ4n) is 3.40. The zero-order valence-corrected chi connectivity index (χ0v) is 15.6. The van der Waals surface area contributed by atoms with Crippen molar-refractivity contribution in [2.75, 3.05) is 18.4 Å². The third-order valence-electron chi connectivity index (χ3n) is 4.80. The van der Waals surface area contributed by atoms with E-state index in [1.807, 2.05) is 12.1 Å². The first-order valence-corrected chi connectivity index (χ1v) is 9.18. The van der Waals surface area contributed by atoms with E-state index in [2.05, 4.69) is 15.6 Å². The number of alkyl halides is 3. The van der Waals surface area contributed by atoms with Gasteiger partial charge in [0.05, 0.1) is 5.56 Å². The van der Waals surface area contributed by atoms with Crippen molar-refractivity contribution in [1.82, 2.24) is 10.3 Å². The zero-order chi connectivity index (χ0) is 21.3. The van der Waals surface area contributed by atoms with Crippen LogP contribution >= 0.6 is 0 Å². The number of ketones is 1. The Bertz CT molecular complexity index is 1140. The Morgan fingerprint density at radius 2 is 1.63 bits per heavy atom. The van der Waals surface area contributed by atoms with Crippen molar-refractivity contribution >= 4 is 17.5 Å². The van der Waals surface area contributed by atoms with E-state index in [-0.39, 0.29) is 24.7 Å². The minimum Gasteiger partial charge on any atom is -0.368 e. The van der Waals surface area contributed by atoms with Crippen LogP contribution in [0.5, 0.6) is 0 Å². The number of benzene rings is 2. The molecule has 1 heterocycles. The van der Waals surface area contributed by atoms with Crippen LogP contribution in [-0.2, 0) is 6.18 Å². The van der Waals surface area contributed by atoms with Crippen LogP contribution in [0.15, 0.2) is 60.8 Å². The summed E-state index contributed by atoms with van der Waals surface area (Å²) in [6.07, 6.45) is -3.26. The largest absolute Gasteiger partial charge is 0.419 e. The number of halogens is 3. The van der Waals surface area contributed by atoms with Gasteiger partial charge in [0.25, 0.3) is 5.91 Å². The summed E-state index contributed by atoms with van der Waals surface area (Å²) >= 11 is 0. The minimum absolute atomic E-state index is 0.0567. The topological polar surface area (TPSA) is 71.1 Å². The van der Waals surface area contributed by atoms with Gasteiger partial charge in [-0.3, -0.25) is 9.59 Å². The van der Waals surface area contributed by atoms with Crippen LogP contribution < -0.4 is 10.6 Å². The highest BCUT2D eigenvalue weighted by atomic mass is 19.4. The standard InChI is InChI=1S/C22H16F3N3O2/c23-22(24,25)18-6-3-9-26-20(18)27-10-11-28-21(30)13-7-8-15-14-4-1-2-5-16(14)19(29)17(15)12-13/h1-9,12H,10-11H2,(H,26,27)(H,28,30). The van der Waals surface area contributed by atoms with Crippen LogP contribution in [0.25, 0.3) is 11.1 Å². The maximum absolute atomic E-state index is 13.0. The average Bonchev–Trinajstić information content (AvgIpc) is 3.03. The molecule has 0 aliphatic heterocycles. The van der Waals surface area contributed by atoms with E-state index >= 15 is 0 Å². The molecule has 0 radical (unpaired) electrons. The summed E-state index contributed by atoms with van der Waals surface area (Å²) in [5.41, 5.74) is 2.13. The summed E-state index contributed by atoms with van der Waals surface area (Å²) in [4.78, 5) is 28.7. The van der Waals surface area contributed by atoms with E-state index in [0.717, 1.165) is 17.2 Å². The van der Waals surface area contributed by atoms with E-state index < -0.39 is 17.6 Å². The molecule has 1 aliphatic rings. The fourth-order valence-corrected chi connectivity index (χ4v) is 3.40. The molecule has 30 heavy (non-hydrogen) atoms.